The number of aliphatic imine (C=N–C) groups is 1. The van der Waals surface area contributed by atoms with Crippen LogP contribution in [0.25, 0.3) is 0 Å². The maximum atomic E-state index is 11.9. The molecule has 0 saturated heterocycles. The molecule has 0 aliphatic heterocycles. The lowest BCUT2D eigenvalue weighted by Gasteiger charge is -2.22. The van der Waals surface area contributed by atoms with E-state index in [4.69, 9.17) is 4.74 Å². The highest BCUT2D eigenvalue weighted by Crippen LogP contribution is 2.22. The molecule has 1 heterocycles. The molecule has 1 aliphatic rings. The Hall–Kier alpha value is -2.31. The van der Waals surface area contributed by atoms with Gasteiger partial charge in [-0.3, -0.25) is 9.79 Å². The third kappa shape index (κ3) is 8.28. The largest absolute Gasteiger partial charge is 0.474 e. The number of amides is 1. The quantitative estimate of drug-likeness (QED) is 0.525. The molecule has 0 radical (unpaired) electrons. The molecule has 1 aromatic heterocycles. The van der Waals surface area contributed by atoms with Gasteiger partial charge in [-0.2, -0.15) is 0 Å². The topological polar surface area (TPSA) is 87.6 Å². The Morgan fingerprint density at radius 3 is 2.56 bits per heavy atom. The SMILES string of the molecule is CN=C(NCC(=O)NC(C)(C)C)NCc1ccc(OC2CCCCC2)nc1. The second-order valence-corrected chi connectivity index (χ2v) is 7.96. The van der Waals surface area contributed by atoms with Crippen molar-refractivity contribution >= 4 is 11.9 Å². The molecule has 0 unspecified atom stereocenters. The van der Waals surface area contributed by atoms with Gasteiger partial charge in [-0.25, -0.2) is 4.98 Å². The van der Waals surface area contributed by atoms with Crippen LogP contribution in [0.4, 0.5) is 0 Å². The molecule has 2 rings (SSSR count). The van der Waals surface area contributed by atoms with E-state index in [1.54, 1.807) is 7.05 Å². The first kappa shape index (κ1) is 21.0. The van der Waals surface area contributed by atoms with E-state index in [1.807, 2.05) is 39.1 Å². The van der Waals surface area contributed by atoms with Gasteiger partial charge in [0.1, 0.15) is 6.10 Å². The minimum absolute atomic E-state index is 0.0728. The van der Waals surface area contributed by atoms with E-state index in [0.29, 0.717) is 24.5 Å². The summed E-state index contributed by atoms with van der Waals surface area (Å²) in [5, 5.41) is 9.10. The predicted molar refractivity (Wildman–Crippen MR) is 108 cm³/mol. The average Bonchev–Trinajstić information content (AvgIpc) is 2.62. The second-order valence-electron chi connectivity index (χ2n) is 7.96. The van der Waals surface area contributed by atoms with Crippen LogP contribution in [0.3, 0.4) is 0 Å². The highest BCUT2D eigenvalue weighted by Gasteiger charge is 2.15. The van der Waals surface area contributed by atoms with E-state index in [1.165, 1.54) is 19.3 Å². The molecule has 0 bridgehead atoms. The molecule has 1 amide bonds. The lowest BCUT2D eigenvalue weighted by atomic mass is 9.98. The summed E-state index contributed by atoms with van der Waals surface area (Å²) in [6.07, 6.45) is 8.15. The van der Waals surface area contributed by atoms with Gasteiger partial charge in [0, 0.05) is 31.4 Å². The highest BCUT2D eigenvalue weighted by molar-refractivity contribution is 5.86. The summed E-state index contributed by atoms with van der Waals surface area (Å²) in [5.74, 6) is 1.19. The number of nitrogens with one attached hydrogen (secondary N) is 3. The maximum absolute atomic E-state index is 11.9. The fourth-order valence-corrected chi connectivity index (χ4v) is 2.97. The molecule has 27 heavy (non-hydrogen) atoms. The zero-order chi connectivity index (χ0) is 19.7. The number of rotatable bonds is 6. The number of hydrogen-bond donors (Lipinski definition) is 3. The number of pyridine rings is 1. The molecule has 3 N–H and O–H groups in total. The summed E-state index contributed by atoms with van der Waals surface area (Å²) in [6.45, 7) is 6.59. The molecular formula is C20H33N5O2. The van der Waals surface area contributed by atoms with Gasteiger partial charge in [0.2, 0.25) is 11.8 Å². The lowest BCUT2D eigenvalue weighted by Crippen LogP contribution is -2.48. The molecule has 1 saturated carbocycles. The fourth-order valence-electron chi connectivity index (χ4n) is 2.97. The Morgan fingerprint density at radius 2 is 1.96 bits per heavy atom. The van der Waals surface area contributed by atoms with Gasteiger partial charge >= 0.3 is 0 Å². The van der Waals surface area contributed by atoms with Crippen molar-refractivity contribution in [1.29, 1.82) is 0 Å². The highest BCUT2D eigenvalue weighted by atomic mass is 16.5. The molecule has 7 nitrogen and oxygen atoms in total. The first-order chi connectivity index (χ1) is 12.9. The number of carbonyl (C=O) groups is 1. The molecular weight excluding hydrogens is 342 g/mol. The first-order valence-corrected chi connectivity index (χ1v) is 9.73. The monoisotopic (exact) mass is 375 g/mol. The Kier molecular flexibility index (Phi) is 7.88. The van der Waals surface area contributed by atoms with Crippen LogP contribution in [0.5, 0.6) is 5.88 Å². The summed E-state index contributed by atoms with van der Waals surface area (Å²) in [6, 6.07) is 3.91. The Morgan fingerprint density at radius 1 is 1.22 bits per heavy atom. The normalized spacial score (nSPS) is 15.9. The van der Waals surface area contributed by atoms with E-state index in [2.05, 4.69) is 25.9 Å². The van der Waals surface area contributed by atoms with Crippen LogP contribution in [0.1, 0.15) is 58.4 Å². The summed E-state index contributed by atoms with van der Waals surface area (Å²) >= 11 is 0. The molecule has 0 spiro atoms. The Bertz CT molecular complexity index is 616. The van der Waals surface area contributed by atoms with E-state index in [9.17, 15) is 4.79 Å². The van der Waals surface area contributed by atoms with Crippen molar-refractivity contribution in [2.75, 3.05) is 13.6 Å². The van der Waals surface area contributed by atoms with Crippen LogP contribution in [0.15, 0.2) is 23.3 Å². The van der Waals surface area contributed by atoms with Crippen molar-refractivity contribution in [1.82, 2.24) is 20.9 Å². The van der Waals surface area contributed by atoms with Crippen molar-refractivity contribution < 1.29 is 9.53 Å². The average molecular weight is 376 g/mol. The third-order valence-electron chi connectivity index (χ3n) is 4.25. The predicted octanol–water partition coefficient (Wildman–Crippen LogP) is 2.37. The van der Waals surface area contributed by atoms with Crippen LogP contribution in [0.2, 0.25) is 0 Å². The molecule has 1 fully saturated rings. The summed E-state index contributed by atoms with van der Waals surface area (Å²) in [5.41, 5.74) is 0.774. The molecule has 7 heteroatoms. The standard InChI is InChI=1S/C20H33N5O2/c1-20(2,3)25-17(26)14-24-19(21-4)23-13-15-10-11-18(22-12-15)27-16-8-6-5-7-9-16/h10-12,16H,5-9,13-14H2,1-4H3,(H,25,26)(H2,21,23,24). The number of ether oxygens (including phenoxy) is 1. The smallest absolute Gasteiger partial charge is 0.239 e. The van der Waals surface area contributed by atoms with Crippen LogP contribution >= 0.6 is 0 Å². The van der Waals surface area contributed by atoms with Gasteiger partial charge in [-0.15, -0.1) is 0 Å². The van der Waals surface area contributed by atoms with Gasteiger partial charge in [0.15, 0.2) is 5.96 Å². The molecule has 1 aliphatic carbocycles. The minimum Gasteiger partial charge on any atom is -0.474 e. The van der Waals surface area contributed by atoms with E-state index in [-0.39, 0.29) is 18.0 Å². The number of guanidine groups is 1. The number of nitrogens with zero attached hydrogens (tertiary/aromatic N) is 2. The zero-order valence-corrected chi connectivity index (χ0v) is 17.0. The van der Waals surface area contributed by atoms with Crippen molar-refractivity contribution in [3.63, 3.8) is 0 Å². The third-order valence-corrected chi connectivity index (χ3v) is 4.25. The van der Waals surface area contributed by atoms with Crippen molar-refractivity contribution in [3.8, 4) is 5.88 Å². The van der Waals surface area contributed by atoms with Crippen LogP contribution in [-0.2, 0) is 11.3 Å². The van der Waals surface area contributed by atoms with Crippen LogP contribution < -0.4 is 20.7 Å². The van der Waals surface area contributed by atoms with Gasteiger partial charge in [0.05, 0.1) is 6.54 Å². The van der Waals surface area contributed by atoms with Gasteiger partial charge in [-0.05, 0) is 52.0 Å². The van der Waals surface area contributed by atoms with Crippen molar-refractivity contribution in [2.45, 2.75) is 71.1 Å². The molecule has 0 atom stereocenters. The Balaban J connectivity index is 1.74. The van der Waals surface area contributed by atoms with Gasteiger partial charge in [0.25, 0.3) is 0 Å². The molecule has 150 valence electrons. The zero-order valence-electron chi connectivity index (χ0n) is 17.0. The molecule has 1 aromatic rings. The van der Waals surface area contributed by atoms with Gasteiger partial charge < -0.3 is 20.7 Å². The summed E-state index contributed by atoms with van der Waals surface area (Å²) in [4.78, 5) is 20.4. The van der Waals surface area contributed by atoms with Crippen LogP contribution in [-0.4, -0.2) is 42.1 Å². The molecule has 0 aromatic carbocycles. The van der Waals surface area contributed by atoms with E-state index >= 15 is 0 Å². The number of hydrogen-bond acceptors (Lipinski definition) is 4. The van der Waals surface area contributed by atoms with Crippen molar-refractivity contribution in [3.05, 3.63) is 23.9 Å². The maximum Gasteiger partial charge on any atom is 0.239 e. The van der Waals surface area contributed by atoms with E-state index in [0.717, 1.165) is 18.4 Å². The van der Waals surface area contributed by atoms with Crippen molar-refractivity contribution in [2.24, 2.45) is 4.99 Å². The first-order valence-electron chi connectivity index (χ1n) is 9.73. The summed E-state index contributed by atoms with van der Waals surface area (Å²) < 4.78 is 5.95. The van der Waals surface area contributed by atoms with Crippen LogP contribution in [0, 0.1) is 0 Å². The second kappa shape index (κ2) is 10.1. The van der Waals surface area contributed by atoms with E-state index < -0.39 is 0 Å². The van der Waals surface area contributed by atoms with Gasteiger partial charge in [-0.1, -0.05) is 12.5 Å². The lowest BCUT2D eigenvalue weighted by molar-refractivity contribution is -0.121. The minimum atomic E-state index is -0.247. The number of aromatic nitrogens is 1. The Labute approximate surface area is 162 Å². The number of carbonyl (C=O) groups excluding carboxylic acids is 1. The fraction of sp³-hybridized carbons (Fsp3) is 0.650. The summed E-state index contributed by atoms with van der Waals surface area (Å²) in [7, 11) is 1.68.